The fourth-order valence-electron chi connectivity index (χ4n) is 5.06. The molecule has 0 fully saturated rings. The molecule has 208 valence electrons. The summed E-state index contributed by atoms with van der Waals surface area (Å²) in [6, 6.07) is 20.2. The van der Waals surface area contributed by atoms with Crippen LogP contribution in [0.25, 0.3) is 10.9 Å². The number of fused-ring (bicyclic) bond motifs is 3. The molecule has 4 aromatic rings. The van der Waals surface area contributed by atoms with Crippen LogP contribution < -0.4 is 14.8 Å². The van der Waals surface area contributed by atoms with E-state index in [0.717, 1.165) is 33.3 Å². The van der Waals surface area contributed by atoms with Crippen molar-refractivity contribution < 1.29 is 28.5 Å². The summed E-state index contributed by atoms with van der Waals surface area (Å²) < 4.78 is 22.1. The van der Waals surface area contributed by atoms with Crippen LogP contribution in [0.4, 0.5) is 0 Å². The third-order valence-corrected chi connectivity index (χ3v) is 7.07. The number of benzene rings is 3. The number of nitrogens with one attached hydrogen (secondary N) is 2. The van der Waals surface area contributed by atoms with E-state index in [4.69, 9.17) is 18.9 Å². The Kier molecular flexibility index (Phi) is 8.07. The number of hydrogen-bond donors (Lipinski definition) is 2. The summed E-state index contributed by atoms with van der Waals surface area (Å²) in [5, 5.41) is 4.58. The highest BCUT2D eigenvalue weighted by atomic mass is 16.5. The van der Waals surface area contributed by atoms with Gasteiger partial charge in [-0.05, 0) is 59.5 Å². The van der Waals surface area contributed by atoms with E-state index in [1.807, 2.05) is 50.2 Å². The maximum absolute atomic E-state index is 12.6. The van der Waals surface area contributed by atoms with Crippen LogP contribution in [0.15, 0.2) is 66.7 Å². The molecule has 5 rings (SSSR count). The fraction of sp³-hybridized carbons (Fsp3) is 0.312. The summed E-state index contributed by atoms with van der Waals surface area (Å²) in [7, 11) is 3.03. The fourth-order valence-corrected chi connectivity index (χ4v) is 5.06. The number of esters is 2. The zero-order valence-electron chi connectivity index (χ0n) is 23.2. The molecule has 2 heterocycles. The normalized spacial score (nSPS) is 16.4. The number of ether oxygens (including phenoxy) is 4. The van der Waals surface area contributed by atoms with E-state index in [1.54, 1.807) is 31.4 Å². The van der Waals surface area contributed by atoms with E-state index in [9.17, 15) is 9.59 Å². The Balaban J connectivity index is 1.39. The summed E-state index contributed by atoms with van der Waals surface area (Å²) in [6.07, 6.45) is 0.537. The van der Waals surface area contributed by atoms with Crippen molar-refractivity contribution in [1.82, 2.24) is 10.3 Å². The SMILES string of the molecule is COC(=O)C1Cc2c([nH]c3ccccc23)C(c2ccc(OC)c(COc3ccc(C(=O)OCC(C)C)cc3)c2)N1. The largest absolute Gasteiger partial charge is 0.496 e. The topological polar surface area (TPSA) is 98.9 Å². The predicted octanol–water partition coefficient (Wildman–Crippen LogP) is 5.35. The van der Waals surface area contributed by atoms with Crippen LogP contribution in [0, 0.1) is 5.92 Å². The molecule has 1 aromatic heterocycles. The molecule has 0 aliphatic carbocycles. The number of hydrogen-bond acceptors (Lipinski definition) is 7. The summed E-state index contributed by atoms with van der Waals surface area (Å²) in [5.41, 5.74) is 5.45. The molecule has 0 saturated carbocycles. The van der Waals surface area contributed by atoms with Crippen LogP contribution in [-0.4, -0.2) is 43.8 Å². The van der Waals surface area contributed by atoms with Gasteiger partial charge in [-0.1, -0.05) is 38.1 Å². The quantitative estimate of drug-likeness (QED) is 0.275. The number of aromatic nitrogens is 1. The second-order valence-electron chi connectivity index (χ2n) is 10.3. The molecule has 0 bridgehead atoms. The smallest absolute Gasteiger partial charge is 0.338 e. The zero-order valence-corrected chi connectivity index (χ0v) is 23.2. The maximum atomic E-state index is 12.6. The molecule has 8 nitrogen and oxygen atoms in total. The maximum Gasteiger partial charge on any atom is 0.338 e. The third kappa shape index (κ3) is 5.67. The second kappa shape index (κ2) is 11.8. The Hall–Kier alpha value is -4.30. The number of carbonyl (C=O) groups excluding carboxylic acids is 2. The number of carbonyl (C=O) groups is 2. The predicted molar refractivity (Wildman–Crippen MR) is 152 cm³/mol. The molecule has 0 spiro atoms. The minimum atomic E-state index is -0.478. The van der Waals surface area contributed by atoms with Crippen molar-refractivity contribution in [2.24, 2.45) is 5.92 Å². The minimum absolute atomic E-state index is 0.251. The van der Waals surface area contributed by atoms with Crippen molar-refractivity contribution in [3.63, 3.8) is 0 Å². The lowest BCUT2D eigenvalue weighted by molar-refractivity contribution is -0.143. The zero-order chi connectivity index (χ0) is 28.2. The molecule has 1 aliphatic rings. The van der Waals surface area contributed by atoms with Gasteiger partial charge in [-0.15, -0.1) is 0 Å². The van der Waals surface area contributed by atoms with E-state index in [-0.39, 0.29) is 30.5 Å². The van der Waals surface area contributed by atoms with Crippen LogP contribution in [-0.2, 0) is 27.3 Å². The van der Waals surface area contributed by atoms with Gasteiger partial charge in [0.05, 0.1) is 32.4 Å². The minimum Gasteiger partial charge on any atom is -0.496 e. The number of H-pyrrole nitrogens is 1. The Morgan fingerprint density at radius 3 is 2.50 bits per heavy atom. The molecule has 40 heavy (non-hydrogen) atoms. The van der Waals surface area contributed by atoms with Gasteiger partial charge in [0.2, 0.25) is 0 Å². The van der Waals surface area contributed by atoms with E-state index < -0.39 is 6.04 Å². The molecule has 2 N–H and O–H groups in total. The van der Waals surface area contributed by atoms with Crippen LogP contribution in [0.2, 0.25) is 0 Å². The lowest BCUT2D eigenvalue weighted by atomic mass is 9.89. The van der Waals surface area contributed by atoms with Crippen LogP contribution >= 0.6 is 0 Å². The average Bonchev–Trinajstić information content (AvgIpc) is 3.36. The molecule has 2 unspecified atom stereocenters. The second-order valence-corrected chi connectivity index (χ2v) is 10.3. The Morgan fingerprint density at radius 1 is 1.00 bits per heavy atom. The highest BCUT2D eigenvalue weighted by Gasteiger charge is 2.34. The van der Waals surface area contributed by atoms with Gasteiger partial charge in [-0.25, -0.2) is 4.79 Å². The number of methoxy groups -OCH3 is 2. The third-order valence-electron chi connectivity index (χ3n) is 7.07. The van der Waals surface area contributed by atoms with Gasteiger partial charge in [0, 0.05) is 28.6 Å². The Labute approximate surface area is 233 Å². The van der Waals surface area contributed by atoms with Crippen molar-refractivity contribution >= 4 is 22.8 Å². The van der Waals surface area contributed by atoms with Gasteiger partial charge in [0.25, 0.3) is 0 Å². The monoisotopic (exact) mass is 542 g/mol. The first-order chi connectivity index (χ1) is 19.4. The van der Waals surface area contributed by atoms with Gasteiger partial charge >= 0.3 is 11.9 Å². The Morgan fingerprint density at radius 2 is 1.77 bits per heavy atom. The van der Waals surface area contributed by atoms with Gasteiger partial charge in [-0.2, -0.15) is 0 Å². The van der Waals surface area contributed by atoms with Crippen LogP contribution in [0.1, 0.15) is 52.6 Å². The van der Waals surface area contributed by atoms with Gasteiger partial charge in [-0.3, -0.25) is 10.1 Å². The summed E-state index contributed by atoms with van der Waals surface area (Å²) in [5.74, 6) is 0.933. The first-order valence-electron chi connectivity index (χ1n) is 13.4. The van der Waals surface area contributed by atoms with Crippen LogP contribution in [0.5, 0.6) is 11.5 Å². The number of para-hydroxylation sites is 1. The number of rotatable bonds is 9. The van der Waals surface area contributed by atoms with Crippen molar-refractivity contribution in [3.05, 3.63) is 94.7 Å². The molecule has 8 heteroatoms. The first-order valence-corrected chi connectivity index (χ1v) is 13.4. The molecule has 2 atom stereocenters. The lowest BCUT2D eigenvalue weighted by Gasteiger charge is -2.30. The molecular weight excluding hydrogens is 508 g/mol. The molecule has 0 saturated heterocycles. The summed E-state index contributed by atoms with van der Waals surface area (Å²) in [4.78, 5) is 28.4. The lowest BCUT2D eigenvalue weighted by Crippen LogP contribution is -2.45. The molecule has 0 amide bonds. The molecule has 0 radical (unpaired) electrons. The van der Waals surface area contributed by atoms with E-state index in [0.29, 0.717) is 30.1 Å². The van der Waals surface area contributed by atoms with E-state index >= 15 is 0 Å². The highest BCUT2D eigenvalue weighted by molar-refractivity contribution is 5.89. The highest BCUT2D eigenvalue weighted by Crippen LogP contribution is 2.37. The van der Waals surface area contributed by atoms with Crippen molar-refractivity contribution in [2.45, 2.75) is 39.0 Å². The van der Waals surface area contributed by atoms with Crippen molar-refractivity contribution in [3.8, 4) is 11.5 Å². The van der Waals surface area contributed by atoms with Crippen molar-refractivity contribution in [1.29, 1.82) is 0 Å². The van der Waals surface area contributed by atoms with Gasteiger partial charge < -0.3 is 23.9 Å². The average molecular weight is 543 g/mol. The molecule has 3 aromatic carbocycles. The number of aromatic amines is 1. The molecular formula is C32H34N2O6. The van der Waals surface area contributed by atoms with Gasteiger partial charge in [0.15, 0.2) is 0 Å². The van der Waals surface area contributed by atoms with Gasteiger partial charge in [0.1, 0.15) is 24.1 Å². The molecule has 1 aliphatic heterocycles. The Bertz CT molecular complexity index is 1510. The standard InChI is InChI=1S/C32H34N2O6/c1-19(2)17-40-31(35)20-9-12-23(13-10-20)39-18-22-15-21(11-14-28(22)37-3)29-30-25(16-27(34-29)32(36)38-4)24-7-5-6-8-26(24)33-30/h5-15,19,27,29,33-34H,16-18H2,1-4H3. The summed E-state index contributed by atoms with van der Waals surface area (Å²) in [6.45, 7) is 4.62. The van der Waals surface area contributed by atoms with E-state index in [2.05, 4.69) is 16.4 Å². The van der Waals surface area contributed by atoms with E-state index in [1.165, 1.54) is 7.11 Å². The summed E-state index contributed by atoms with van der Waals surface area (Å²) >= 11 is 0. The first kappa shape index (κ1) is 27.3. The van der Waals surface area contributed by atoms with Crippen molar-refractivity contribution in [2.75, 3.05) is 20.8 Å². The van der Waals surface area contributed by atoms with Crippen LogP contribution in [0.3, 0.4) is 0 Å².